The van der Waals surface area contributed by atoms with E-state index < -0.39 is 6.61 Å². The molecule has 0 saturated heterocycles. The zero-order chi connectivity index (χ0) is 10.6. The van der Waals surface area contributed by atoms with Gasteiger partial charge in [0.25, 0.3) is 0 Å². The van der Waals surface area contributed by atoms with Gasteiger partial charge in [0, 0.05) is 5.92 Å². The van der Waals surface area contributed by atoms with Crippen LogP contribution < -0.4 is 4.74 Å². The molecule has 14 heavy (non-hydrogen) atoms. The molecule has 3 heteroatoms. The molecule has 0 bridgehead atoms. The normalized spacial score (nSPS) is 12.2. The molecule has 0 N–H and O–H groups in total. The molecule has 1 nitrogen and oxygen atoms in total. The third-order valence-corrected chi connectivity index (χ3v) is 1.83. The molecule has 0 aliphatic rings. The van der Waals surface area contributed by atoms with Gasteiger partial charge in [-0.2, -0.15) is 8.78 Å². The van der Waals surface area contributed by atoms with Gasteiger partial charge < -0.3 is 4.74 Å². The fourth-order valence-corrected chi connectivity index (χ4v) is 1.06. The van der Waals surface area contributed by atoms with Gasteiger partial charge in [-0.15, -0.1) is 6.42 Å². The summed E-state index contributed by atoms with van der Waals surface area (Å²) in [5, 5.41) is 0. The van der Waals surface area contributed by atoms with Crippen molar-refractivity contribution in [3.8, 4) is 18.1 Å². The molecule has 0 heterocycles. The van der Waals surface area contributed by atoms with Crippen LogP contribution in [0.3, 0.4) is 0 Å². The Kier molecular flexibility index (Phi) is 3.47. The van der Waals surface area contributed by atoms with Crippen molar-refractivity contribution in [2.75, 3.05) is 0 Å². The first-order valence-electron chi connectivity index (χ1n) is 4.14. The molecule has 0 aliphatic carbocycles. The van der Waals surface area contributed by atoms with Crippen molar-refractivity contribution in [2.45, 2.75) is 19.5 Å². The molecule has 1 rings (SSSR count). The molecular weight excluding hydrogens is 186 g/mol. The number of rotatable bonds is 3. The number of hydrogen-bond acceptors (Lipinski definition) is 1. The van der Waals surface area contributed by atoms with Gasteiger partial charge >= 0.3 is 6.61 Å². The van der Waals surface area contributed by atoms with Crippen molar-refractivity contribution in [2.24, 2.45) is 0 Å². The summed E-state index contributed by atoms with van der Waals surface area (Å²) in [6, 6.07) is 6.42. The highest BCUT2D eigenvalue weighted by atomic mass is 19.3. The first-order valence-corrected chi connectivity index (χ1v) is 4.14. The van der Waals surface area contributed by atoms with Gasteiger partial charge in [0.05, 0.1) is 0 Å². The second-order valence-electron chi connectivity index (χ2n) is 2.84. The van der Waals surface area contributed by atoms with Crippen molar-refractivity contribution in [1.82, 2.24) is 0 Å². The molecule has 0 radical (unpaired) electrons. The van der Waals surface area contributed by atoms with E-state index in [0.717, 1.165) is 5.56 Å². The van der Waals surface area contributed by atoms with Gasteiger partial charge in [-0.1, -0.05) is 18.1 Å². The van der Waals surface area contributed by atoms with Crippen molar-refractivity contribution in [1.29, 1.82) is 0 Å². The molecule has 1 unspecified atom stereocenters. The van der Waals surface area contributed by atoms with E-state index in [2.05, 4.69) is 10.7 Å². The van der Waals surface area contributed by atoms with Gasteiger partial charge in [-0.05, 0) is 24.6 Å². The van der Waals surface area contributed by atoms with E-state index in [1.165, 1.54) is 12.1 Å². The first kappa shape index (κ1) is 10.5. The zero-order valence-electron chi connectivity index (χ0n) is 7.71. The Labute approximate surface area is 81.7 Å². The van der Waals surface area contributed by atoms with Gasteiger partial charge in [0.1, 0.15) is 5.75 Å². The van der Waals surface area contributed by atoms with Crippen LogP contribution >= 0.6 is 0 Å². The zero-order valence-corrected chi connectivity index (χ0v) is 7.71. The quantitative estimate of drug-likeness (QED) is 0.675. The lowest BCUT2D eigenvalue weighted by Crippen LogP contribution is -2.02. The van der Waals surface area contributed by atoms with Crippen molar-refractivity contribution < 1.29 is 13.5 Å². The van der Waals surface area contributed by atoms with E-state index in [1.54, 1.807) is 12.1 Å². The van der Waals surface area contributed by atoms with Crippen molar-refractivity contribution >= 4 is 0 Å². The lowest BCUT2D eigenvalue weighted by molar-refractivity contribution is -0.0498. The molecule has 0 saturated carbocycles. The average Bonchev–Trinajstić information content (AvgIpc) is 2.16. The molecule has 0 amide bonds. The van der Waals surface area contributed by atoms with Gasteiger partial charge in [-0.3, -0.25) is 0 Å². The predicted octanol–water partition coefficient (Wildman–Crippen LogP) is 3.02. The predicted molar refractivity (Wildman–Crippen MR) is 50.3 cm³/mol. The molecule has 0 fully saturated rings. The van der Waals surface area contributed by atoms with Crippen LogP contribution in [-0.4, -0.2) is 6.61 Å². The Morgan fingerprint density at radius 1 is 1.43 bits per heavy atom. The van der Waals surface area contributed by atoms with E-state index in [1.807, 2.05) is 6.92 Å². The maximum Gasteiger partial charge on any atom is 0.387 e. The number of alkyl halides is 2. The summed E-state index contributed by atoms with van der Waals surface area (Å²) >= 11 is 0. The highest BCUT2D eigenvalue weighted by Gasteiger charge is 2.06. The molecule has 1 atom stereocenters. The second-order valence-corrected chi connectivity index (χ2v) is 2.84. The molecule has 0 spiro atoms. The Morgan fingerprint density at radius 3 is 2.71 bits per heavy atom. The summed E-state index contributed by atoms with van der Waals surface area (Å²) in [4.78, 5) is 0. The molecule has 0 aromatic heterocycles. The Hall–Kier alpha value is -1.56. The third-order valence-electron chi connectivity index (χ3n) is 1.83. The summed E-state index contributed by atoms with van der Waals surface area (Å²) in [7, 11) is 0. The highest BCUT2D eigenvalue weighted by molar-refractivity contribution is 5.33. The monoisotopic (exact) mass is 196 g/mol. The molecule has 1 aromatic carbocycles. The average molecular weight is 196 g/mol. The van der Waals surface area contributed by atoms with Crippen LogP contribution in [0.5, 0.6) is 5.75 Å². The van der Waals surface area contributed by atoms with Crippen molar-refractivity contribution in [3.05, 3.63) is 29.8 Å². The number of terminal acetylenes is 1. The number of benzene rings is 1. The van der Waals surface area contributed by atoms with Crippen LogP contribution in [0.15, 0.2) is 24.3 Å². The summed E-state index contributed by atoms with van der Waals surface area (Å²) in [5.41, 5.74) is 0.797. The maximum atomic E-state index is 11.9. The van der Waals surface area contributed by atoms with Gasteiger partial charge in [0.15, 0.2) is 0 Å². The summed E-state index contributed by atoms with van der Waals surface area (Å²) in [6.07, 6.45) is 5.22. The van der Waals surface area contributed by atoms with E-state index >= 15 is 0 Å². The fraction of sp³-hybridized carbons (Fsp3) is 0.273. The Bertz CT molecular complexity index is 341. The second kappa shape index (κ2) is 4.61. The third kappa shape index (κ3) is 2.74. The van der Waals surface area contributed by atoms with Gasteiger partial charge in [0.2, 0.25) is 0 Å². The highest BCUT2D eigenvalue weighted by Crippen LogP contribution is 2.21. The first-order chi connectivity index (χ1) is 6.63. The maximum absolute atomic E-state index is 11.9. The lowest BCUT2D eigenvalue weighted by atomic mass is 10.0. The summed E-state index contributed by atoms with van der Waals surface area (Å²) in [5.74, 6) is 2.56. The minimum Gasteiger partial charge on any atom is -0.435 e. The standard InChI is InChI=1S/C11H10F2O/c1-3-8(2)9-5-4-6-10(7-9)14-11(12)13/h1,4-8,11H,2H3. The number of ether oxygens (including phenoxy) is 1. The molecular formula is C11H10F2O. The van der Waals surface area contributed by atoms with Crippen molar-refractivity contribution in [3.63, 3.8) is 0 Å². The smallest absolute Gasteiger partial charge is 0.387 e. The fourth-order valence-electron chi connectivity index (χ4n) is 1.06. The van der Waals surface area contributed by atoms with Crippen LogP contribution in [0, 0.1) is 12.3 Å². The minimum atomic E-state index is -2.80. The number of halogens is 2. The van der Waals surface area contributed by atoms with Gasteiger partial charge in [-0.25, -0.2) is 0 Å². The molecule has 74 valence electrons. The van der Waals surface area contributed by atoms with E-state index in [4.69, 9.17) is 6.42 Å². The van der Waals surface area contributed by atoms with E-state index in [0.29, 0.717) is 0 Å². The van der Waals surface area contributed by atoms with E-state index in [-0.39, 0.29) is 11.7 Å². The van der Waals surface area contributed by atoms with E-state index in [9.17, 15) is 8.78 Å². The summed E-state index contributed by atoms with van der Waals surface area (Å²) in [6.45, 7) is -0.979. The Morgan fingerprint density at radius 2 is 2.14 bits per heavy atom. The SMILES string of the molecule is C#CC(C)c1cccc(OC(F)F)c1. The molecule has 1 aromatic rings. The van der Waals surface area contributed by atoms with Crippen LogP contribution in [0.4, 0.5) is 8.78 Å². The lowest BCUT2D eigenvalue weighted by Gasteiger charge is -2.08. The number of hydrogen-bond donors (Lipinski definition) is 0. The summed E-state index contributed by atoms with van der Waals surface area (Å²) < 4.78 is 28.0. The molecule has 0 aliphatic heterocycles. The minimum absolute atomic E-state index is 0.101. The Balaban J connectivity index is 2.85. The largest absolute Gasteiger partial charge is 0.435 e. The topological polar surface area (TPSA) is 9.23 Å². The van der Waals surface area contributed by atoms with Crippen LogP contribution in [-0.2, 0) is 0 Å². The van der Waals surface area contributed by atoms with Crippen LogP contribution in [0.25, 0.3) is 0 Å². The van der Waals surface area contributed by atoms with Crippen LogP contribution in [0.1, 0.15) is 18.4 Å². The van der Waals surface area contributed by atoms with Crippen LogP contribution in [0.2, 0.25) is 0 Å².